The maximum absolute atomic E-state index is 13.1. The Balaban J connectivity index is 1.54. The van der Waals surface area contributed by atoms with Crippen LogP contribution in [0.5, 0.6) is 0 Å². The van der Waals surface area contributed by atoms with E-state index < -0.39 is 17.3 Å². The predicted molar refractivity (Wildman–Crippen MR) is 105 cm³/mol. The normalized spacial score (nSPS) is 18.3. The van der Waals surface area contributed by atoms with Crippen molar-refractivity contribution in [2.45, 2.75) is 24.9 Å². The molecular formula is C23H21NO4. The molecule has 0 saturated carbocycles. The lowest BCUT2D eigenvalue weighted by atomic mass is 9.89. The van der Waals surface area contributed by atoms with E-state index in [4.69, 9.17) is 4.42 Å². The Bertz CT molecular complexity index is 981. The molecule has 0 unspecified atom stereocenters. The standard InChI is InChI=1S/C23H21NO4/c25-20(21-13-7-15-28-21)16-23(27)18-11-4-5-12-19(18)24(22(23)26)14-6-10-17-8-2-1-3-9-17/h1-5,7-9,11-13,15,27H,6,10,14,16H2/t23-/m1/s1. The van der Waals surface area contributed by atoms with Gasteiger partial charge in [-0.05, 0) is 36.6 Å². The second-order valence-corrected chi connectivity index (χ2v) is 7.00. The highest BCUT2D eigenvalue weighted by atomic mass is 16.3. The van der Waals surface area contributed by atoms with Crippen molar-refractivity contribution >= 4 is 17.4 Å². The summed E-state index contributed by atoms with van der Waals surface area (Å²) < 4.78 is 5.13. The molecule has 1 N–H and O–H groups in total. The van der Waals surface area contributed by atoms with Crippen LogP contribution in [0.4, 0.5) is 5.69 Å². The average molecular weight is 375 g/mol. The summed E-state index contributed by atoms with van der Waals surface area (Å²) >= 11 is 0. The molecule has 4 rings (SSSR count). The van der Waals surface area contributed by atoms with E-state index in [9.17, 15) is 14.7 Å². The third-order valence-corrected chi connectivity index (χ3v) is 5.14. The van der Waals surface area contributed by atoms with Crippen LogP contribution in [-0.4, -0.2) is 23.3 Å². The molecule has 0 fully saturated rings. The summed E-state index contributed by atoms with van der Waals surface area (Å²) in [4.78, 5) is 27.2. The van der Waals surface area contributed by atoms with Gasteiger partial charge in [0.15, 0.2) is 11.4 Å². The number of anilines is 1. The number of nitrogens with zero attached hydrogens (tertiary/aromatic N) is 1. The molecule has 2 aromatic carbocycles. The van der Waals surface area contributed by atoms with E-state index in [1.807, 2.05) is 30.3 Å². The summed E-state index contributed by atoms with van der Waals surface area (Å²) in [7, 11) is 0. The second kappa shape index (κ2) is 7.44. The molecular weight excluding hydrogens is 354 g/mol. The summed E-state index contributed by atoms with van der Waals surface area (Å²) in [6, 6.07) is 20.3. The van der Waals surface area contributed by atoms with E-state index in [0.717, 1.165) is 12.8 Å². The van der Waals surface area contributed by atoms with Crippen LogP contribution in [0.2, 0.25) is 0 Å². The summed E-state index contributed by atoms with van der Waals surface area (Å²) in [6.45, 7) is 0.474. The van der Waals surface area contributed by atoms with Gasteiger partial charge in [0.1, 0.15) is 0 Å². The number of furan rings is 1. The van der Waals surface area contributed by atoms with Crippen molar-refractivity contribution < 1.29 is 19.1 Å². The maximum Gasteiger partial charge on any atom is 0.264 e. The maximum atomic E-state index is 13.1. The average Bonchev–Trinajstić information content (AvgIpc) is 3.32. The fraction of sp³-hybridized carbons (Fsp3) is 0.217. The molecule has 0 aliphatic carbocycles. The number of Topliss-reactive ketones (excluding diaryl/α,β-unsaturated/α-hetero) is 1. The van der Waals surface area contributed by atoms with E-state index in [1.165, 1.54) is 17.9 Å². The van der Waals surface area contributed by atoms with Crippen LogP contribution in [0.25, 0.3) is 0 Å². The predicted octanol–water partition coefficient (Wildman–Crippen LogP) is 3.72. The van der Waals surface area contributed by atoms with Crippen molar-refractivity contribution in [3.8, 4) is 0 Å². The van der Waals surface area contributed by atoms with Gasteiger partial charge in [-0.3, -0.25) is 9.59 Å². The minimum Gasteiger partial charge on any atom is -0.461 e. The van der Waals surface area contributed by atoms with Crippen LogP contribution in [-0.2, 0) is 16.8 Å². The quantitative estimate of drug-likeness (QED) is 0.639. The summed E-state index contributed by atoms with van der Waals surface area (Å²) in [5.74, 6) is -0.718. The molecule has 1 aliphatic rings. The summed E-state index contributed by atoms with van der Waals surface area (Å²) in [6.07, 6.45) is 2.64. The first-order valence-electron chi connectivity index (χ1n) is 9.34. The van der Waals surface area contributed by atoms with Crippen LogP contribution in [0.15, 0.2) is 77.4 Å². The van der Waals surface area contributed by atoms with Gasteiger partial charge in [-0.25, -0.2) is 0 Å². The van der Waals surface area contributed by atoms with Crippen molar-refractivity contribution in [2.24, 2.45) is 0 Å². The van der Waals surface area contributed by atoms with Gasteiger partial charge in [0.2, 0.25) is 5.78 Å². The fourth-order valence-electron chi connectivity index (χ4n) is 3.74. The molecule has 1 atom stereocenters. The molecule has 5 nitrogen and oxygen atoms in total. The van der Waals surface area contributed by atoms with E-state index in [1.54, 1.807) is 23.1 Å². The number of rotatable bonds is 7. The lowest BCUT2D eigenvalue weighted by Gasteiger charge is -2.22. The van der Waals surface area contributed by atoms with Gasteiger partial charge in [-0.2, -0.15) is 0 Å². The highest BCUT2D eigenvalue weighted by Gasteiger charge is 2.50. The lowest BCUT2D eigenvalue weighted by molar-refractivity contribution is -0.135. The number of aryl methyl sites for hydroxylation is 1. The molecule has 3 aromatic rings. The molecule has 1 aromatic heterocycles. The smallest absolute Gasteiger partial charge is 0.264 e. The van der Waals surface area contributed by atoms with Gasteiger partial charge in [-0.1, -0.05) is 48.5 Å². The van der Waals surface area contributed by atoms with Crippen molar-refractivity contribution in [3.05, 3.63) is 89.9 Å². The minimum atomic E-state index is -1.87. The molecule has 2 heterocycles. The van der Waals surface area contributed by atoms with Crippen molar-refractivity contribution in [1.82, 2.24) is 0 Å². The molecule has 28 heavy (non-hydrogen) atoms. The van der Waals surface area contributed by atoms with Gasteiger partial charge in [0, 0.05) is 12.1 Å². The number of ketones is 1. The van der Waals surface area contributed by atoms with E-state index in [0.29, 0.717) is 17.8 Å². The van der Waals surface area contributed by atoms with Crippen LogP contribution in [0.1, 0.15) is 34.5 Å². The van der Waals surface area contributed by atoms with Gasteiger partial charge in [-0.15, -0.1) is 0 Å². The SMILES string of the molecule is O=C(C[C@]1(O)C(=O)N(CCCc2ccccc2)c2ccccc21)c1ccco1. The number of benzene rings is 2. The number of amides is 1. The van der Waals surface area contributed by atoms with Gasteiger partial charge >= 0.3 is 0 Å². The third kappa shape index (κ3) is 3.25. The Morgan fingerprint density at radius 2 is 1.75 bits per heavy atom. The van der Waals surface area contributed by atoms with Gasteiger partial charge < -0.3 is 14.4 Å². The number of aliphatic hydroxyl groups is 1. The zero-order valence-corrected chi connectivity index (χ0v) is 15.4. The van der Waals surface area contributed by atoms with E-state index in [2.05, 4.69) is 12.1 Å². The molecule has 0 spiro atoms. The minimum absolute atomic E-state index is 0.140. The number of fused-ring (bicyclic) bond motifs is 1. The number of para-hydroxylation sites is 1. The Morgan fingerprint density at radius 3 is 2.50 bits per heavy atom. The van der Waals surface area contributed by atoms with Crippen molar-refractivity contribution in [3.63, 3.8) is 0 Å². The largest absolute Gasteiger partial charge is 0.461 e. The summed E-state index contributed by atoms with van der Waals surface area (Å²) in [5.41, 5.74) is 0.466. The fourth-order valence-corrected chi connectivity index (χ4v) is 3.74. The zero-order valence-electron chi connectivity index (χ0n) is 15.4. The number of carbonyl (C=O) groups excluding carboxylic acids is 2. The number of hydrogen-bond acceptors (Lipinski definition) is 4. The Morgan fingerprint density at radius 1 is 1.00 bits per heavy atom. The Labute approximate surface area is 163 Å². The monoisotopic (exact) mass is 375 g/mol. The molecule has 1 aliphatic heterocycles. The molecule has 0 saturated heterocycles. The first kappa shape index (κ1) is 18.2. The first-order chi connectivity index (χ1) is 13.6. The van der Waals surface area contributed by atoms with Crippen LogP contribution >= 0.6 is 0 Å². The van der Waals surface area contributed by atoms with Crippen LogP contribution < -0.4 is 4.90 Å². The van der Waals surface area contributed by atoms with Crippen molar-refractivity contribution in [2.75, 3.05) is 11.4 Å². The van der Waals surface area contributed by atoms with Gasteiger partial charge in [0.05, 0.1) is 18.4 Å². The van der Waals surface area contributed by atoms with Crippen LogP contribution in [0, 0.1) is 0 Å². The van der Waals surface area contributed by atoms with Crippen molar-refractivity contribution in [1.29, 1.82) is 0 Å². The Kier molecular flexibility index (Phi) is 4.84. The van der Waals surface area contributed by atoms with Crippen LogP contribution in [0.3, 0.4) is 0 Å². The summed E-state index contributed by atoms with van der Waals surface area (Å²) in [5, 5.41) is 11.2. The molecule has 0 radical (unpaired) electrons. The lowest BCUT2D eigenvalue weighted by Crippen LogP contribution is -2.42. The number of carbonyl (C=O) groups is 2. The molecule has 0 bridgehead atoms. The molecule has 1 amide bonds. The second-order valence-electron chi connectivity index (χ2n) is 7.00. The highest BCUT2D eigenvalue weighted by Crippen LogP contribution is 2.42. The first-order valence-corrected chi connectivity index (χ1v) is 9.34. The van der Waals surface area contributed by atoms with Gasteiger partial charge in [0.25, 0.3) is 5.91 Å². The van der Waals surface area contributed by atoms with E-state index in [-0.39, 0.29) is 12.2 Å². The molecule has 5 heteroatoms. The Hall–Kier alpha value is -3.18. The molecule has 142 valence electrons. The number of hydrogen-bond donors (Lipinski definition) is 1. The zero-order chi connectivity index (χ0) is 19.6. The third-order valence-electron chi connectivity index (χ3n) is 5.14. The highest BCUT2D eigenvalue weighted by molar-refractivity contribution is 6.10. The van der Waals surface area contributed by atoms with E-state index >= 15 is 0 Å². The topological polar surface area (TPSA) is 70.8 Å².